The third kappa shape index (κ3) is 3.09. The molecule has 0 aromatic heterocycles. The Bertz CT molecular complexity index is 623. The number of esters is 1. The van der Waals surface area contributed by atoms with E-state index < -0.39 is 5.97 Å². The van der Waals surface area contributed by atoms with Gasteiger partial charge in [0, 0.05) is 0 Å². The summed E-state index contributed by atoms with van der Waals surface area (Å²) < 4.78 is 10.4. The topological polar surface area (TPSA) is 61.5 Å². The zero-order valence-electron chi connectivity index (χ0n) is 11.6. The van der Waals surface area contributed by atoms with E-state index >= 15 is 0 Å². The number of nitrogens with two attached hydrogens (primary N) is 1. The van der Waals surface area contributed by atoms with Gasteiger partial charge < -0.3 is 15.2 Å². The normalized spacial score (nSPS) is 10.1. The van der Waals surface area contributed by atoms with Crippen LogP contribution in [0.3, 0.4) is 0 Å². The van der Waals surface area contributed by atoms with Crippen molar-refractivity contribution in [2.75, 3.05) is 12.8 Å². The van der Waals surface area contributed by atoms with Gasteiger partial charge >= 0.3 is 5.97 Å². The number of benzene rings is 2. The number of anilines is 1. The van der Waals surface area contributed by atoms with Crippen LogP contribution in [-0.2, 0) is 11.3 Å². The van der Waals surface area contributed by atoms with Crippen molar-refractivity contribution in [2.45, 2.75) is 13.5 Å². The van der Waals surface area contributed by atoms with Crippen LogP contribution in [0.1, 0.15) is 21.5 Å². The van der Waals surface area contributed by atoms with Gasteiger partial charge in [-0.05, 0) is 36.2 Å². The highest BCUT2D eigenvalue weighted by molar-refractivity contribution is 5.90. The third-order valence-electron chi connectivity index (χ3n) is 3.08. The molecule has 0 aliphatic carbocycles. The molecule has 0 aliphatic rings. The first kappa shape index (κ1) is 13.9. The Labute approximate surface area is 118 Å². The number of rotatable bonds is 4. The molecule has 0 amide bonds. The molecule has 0 saturated carbocycles. The van der Waals surface area contributed by atoms with E-state index in [9.17, 15) is 4.79 Å². The molecule has 2 aromatic rings. The first-order valence-electron chi connectivity index (χ1n) is 6.27. The molecule has 0 fully saturated rings. The number of nitrogen functional groups attached to an aromatic ring is 1. The highest BCUT2D eigenvalue weighted by Gasteiger charge is 2.09. The fourth-order valence-electron chi connectivity index (χ4n) is 1.83. The number of carbonyl (C=O) groups excluding carboxylic acids is 1. The molecular weight excluding hydrogens is 254 g/mol. The molecule has 0 bridgehead atoms. The minimum Gasteiger partial charge on any atom is -0.487 e. The second-order valence-electron chi connectivity index (χ2n) is 4.46. The first-order chi connectivity index (χ1) is 9.61. The van der Waals surface area contributed by atoms with Gasteiger partial charge in [0.15, 0.2) is 0 Å². The van der Waals surface area contributed by atoms with Gasteiger partial charge in [0.25, 0.3) is 0 Å². The Morgan fingerprint density at radius 3 is 2.65 bits per heavy atom. The molecule has 2 aromatic carbocycles. The number of methoxy groups -OCH3 is 1. The lowest BCUT2D eigenvalue weighted by atomic mass is 10.1. The summed E-state index contributed by atoms with van der Waals surface area (Å²) in [5.74, 6) is 0.0712. The number of hydrogen-bond acceptors (Lipinski definition) is 4. The van der Waals surface area contributed by atoms with E-state index in [1.165, 1.54) is 7.11 Å². The van der Waals surface area contributed by atoms with Crippen LogP contribution in [0, 0.1) is 6.92 Å². The maximum atomic E-state index is 11.5. The van der Waals surface area contributed by atoms with Crippen molar-refractivity contribution in [3.8, 4) is 5.75 Å². The van der Waals surface area contributed by atoms with Gasteiger partial charge in [0.1, 0.15) is 12.4 Å². The highest BCUT2D eigenvalue weighted by atomic mass is 16.5. The molecule has 2 rings (SSSR count). The first-order valence-corrected chi connectivity index (χ1v) is 6.27. The Hall–Kier alpha value is -2.49. The van der Waals surface area contributed by atoms with E-state index in [0.29, 0.717) is 23.6 Å². The van der Waals surface area contributed by atoms with Gasteiger partial charge in [0.2, 0.25) is 0 Å². The van der Waals surface area contributed by atoms with Crippen LogP contribution in [0.2, 0.25) is 0 Å². The van der Waals surface area contributed by atoms with Crippen molar-refractivity contribution < 1.29 is 14.3 Å². The van der Waals surface area contributed by atoms with Gasteiger partial charge in [-0.3, -0.25) is 0 Å². The molecule has 2 N–H and O–H groups in total. The van der Waals surface area contributed by atoms with E-state index in [1.807, 2.05) is 31.2 Å². The van der Waals surface area contributed by atoms with E-state index in [2.05, 4.69) is 4.74 Å². The number of hydrogen-bond donors (Lipinski definition) is 1. The van der Waals surface area contributed by atoms with Crippen LogP contribution >= 0.6 is 0 Å². The quantitative estimate of drug-likeness (QED) is 0.686. The minimum atomic E-state index is -0.411. The summed E-state index contributed by atoms with van der Waals surface area (Å²) in [5, 5.41) is 0. The lowest BCUT2D eigenvalue weighted by Crippen LogP contribution is -2.04. The van der Waals surface area contributed by atoms with Crippen LogP contribution in [0.15, 0.2) is 42.5 Å². The Morgan fingerprint density at radius 1 is 1.20 bits per heavy atom. The van der Waals surface area contributed by atoms with Crippen molar-refractivity contribution in [1.29, 1.82) is 0 Å². The molecule has 0 spiro atoms. The van der Waals surface area contributed by atoms with Gasteiger partial charge in [-0.25, -0.2) is 4.79 Å². The van der Waals surface area contributed by atoms with Gasteiger partial charge in [-0.1, -0.05) is 24.3 Å². The molecule has 104 valence electrons. The fraction of sp³-hybridized carbons (Fsp3) is 0.188. The van der Waals surface area contributed by atoms with Crippen LogP contribution < -0.4 is 10.5 Å². The summed E-state index contributed by atoms with van der Waals surface area (Å²) in [6, 6.07) is 12.8. The van der Waals surface area contributed by atoms with Crippen LogP contribution in [0.25, 0.3) is 0 Å². The van der Waals surface area contributed by atoms with Crippen molar-refractivity contribution in [2.24, 2.45) is 0 Å². The van der Waals surface area contributed by atoms with Crippen molar-refractivity contribution >= 4 is 11.7 Å². The summed E-state index contributed by atoms with van der Waals surface area (Å²) in [4.78, 5) is 11.5. The second kappa shape index (κ2) is 6.10. The number of aryl methyl sites for hydroxylation is 1. The number of carbonyl (C=O) groups is 1. The average Bonchev–Trinajstić information content (AvgIpc) is 2.47. The maximum Gasteiger partial charge on any atom is 0.337 e. The summed E-state index contributed by atoms with van der Waals surface area (Å²) in [6.45, 7) is 2.43. The minimum absolute atomic E-state index is 0.404. The molecule has 20 heavy (non-hydrogen) atoms. The van der Waals surface area contributed by atoms with Crippen LogP contribution in [-0.4, -0.2) is 13.1 Å². The summed E-state index contributed by atoms with van der Waals surface area (Å²) in [5.41, 5.74) is 8.99. The summed E-state index contributed by atoms with van der Waals surface area (Å²) in [6.07, 6.45) is 0. The van der Waals surface area contributed by atoms with Gasteiger partial charge in [-0.2, -0.15) is 0 Å². The molecule has 4 nitrogen and oxygen atoms in total. The van der Waals surface area contributed by atoms with E-state index in [-0.39, 0.29) is 0 Å². The van der Waals surface area contributed by atoms with Crippen LogP contribution in [0.5, 0.6) is 5.75 Å². The summed E-state index contributed by atoms with van der Waals surface area (Å²) in [7, 11) is 1.34. The molecular formula is C16H17NO3. The molecule has 0 saturated heterocycles. The molecule has 4 heteroatoms. The van der Waals surface area contributed by atoms with Crippen molar-refractivity contribution in [1.82, 2.24) is 0 Å². The molecule has 0 atom stereocenters. The summed E-state index contributed by atoms with van der Waals surface area (Å²) >= 11 is 0. The zero-order chi connectivity index (χ0) is 14.5. The fourth-order valence-corrected chi connectivity index (χ4v) is 1.83. The predicted molar refractivity (Wildman–Crippen MR) is 77.7 cm³/mol. The van der Waals surface area contributed by atoms with E-state index in [1.54, 1.807) is 18.2 Å². The molecule has 0 heterocycles. The Kier molecular flexibility index (Phi) is 4.25. The predicted octanol–water partition coefficient (Wildman–Crippen LogP) is 2.94. The van der Waals surface area contributed by atoms with Crippen molar-refractivity contribution in [3.63, 3.8) is 0 Å². The average molecular weight is 271 g/mol. The Morgan fingerprint density at radius 2 is 1.95 bits per heavy atom. The number of ether oxygens (including phenoxy) is 2. The Balaban J connectivity index is 2.17. The standard InChI is InChI=1S/C16H17NO3/c1-11-5-3-4-6-13(11)10-20-15-9-12(16(18)19-2)7-8-14(15)17/h3-9H,10,17H2,1-2H3. The smallest absolute Gasteiger partial charge is 0.337 e. The highest BCUT2D eigenvalue weighted by Crippen LogP contribution is 2.24. The molecule has 0 radical (unpaired) electrons. The monoisotopic (exact) mass is 271 g/mol. The van der Waals surface area contributed by atoms with Crippen molar-refractivity contribution in [3.05, 3.63) is 59.2 Å². The van der Waals surface area contributed by atoms with E-state index in [0.717, 1.165) is 11.1 Å². The van der Waals surface area contributed by atoms with Gasteiger partial charge in [0.05, 0.1) is 18.4 Å². The van der Waals surface area contributed by atoms with E-state index in [4.69, 9.17) is 10.5 Å². The molecule has 0 aliphatic heterocycles. The lowest BCUT2D eigenvalue weighted by Gasteiger charge is -2.11. The maximum absolute atomic E-state index is 11.5. The second-order valence-corrected chi connectivity index (χ2v) is 4.46. The van der Waals surface area contributed by atoms with Gasteiger partial charge in [-0.15, -0.1) is 0 Å². The lowest BCUT2D eigenvalue weighted by molar-refractivity contribution is 0.0600. The SMILES string of the molecule is COC(=O)c1ccc(N)c(OCc2ccccc2C)c1. The largest absolute Gasteiger partial charge is 0.487 e. The zero-order valence-corrected chi connectivity index (χ0v) is 11.6. The molecule has 0 unspecified atom stereocenters. The third-order valence-corrected chi connectivity index (χ3v) is 3.08. The van der Waals surface area contributed by atoms with Crippen LogP contribution in [0.4, 0.5) is 5.69 Å².